The number of nitrogens with one attached hydrogen (secondary N) is 1. The number of anilines is 1. The normalized spacial score (nSPS) is 10.6. The number of methoxy groups -OCH3 is 1. The van der Waals surface area contributed by atoms with Crippen LogP contribution in [0.5, 0.6) is 0 Å². The first-order valence-electron chi connectivity index (χ1n) is 7.38. The number of pyridine rings is 1. The molecular formula is C17H22N2O2. The van der Waals surface area contributed by atoms with Gasteiger partial charge < -0.3 is 10.1 Å². The number of aryl methyl sites for hydroxylation is 1. The number of carbonyl (C=O) groups is 1. The van der Waals surface area contributed by atoms with Crippen molar-refractivity contribution >= 4 is 22.7 Å². The molecule has 0 saturated carbocycles. The van der Waals surface area contributed by atoms with Crippen LogP contribution in [0.2, 0.25) is 0 Å². The number of ether oxygens (including phenoxy) is 1. The summed E-state index contributed by atoms with van der Waals surface area (Å²) in [5.74, 6) is 0.816. The first-order chi connectivity index (χ1) is 10.2. The molecule has 1 aromatic carbocycles. The van der Waals surface area contributed by atoms with E-state index in [4.69, 9.17) is 0 Å². The summed E-state index contributed by atoms with van der Waals surface area (Å²) in [4.78, 5) is 15.6. The van der Waals surface area contributed by atoms with E-state index in [9.17, 15) is 4.79 Å². The maximum atomic E-state index is 11.0. The van der Waals surface area contributed by atoms with Gasteiger partial charge in [-0.15, -0.1) is 0 Å². The number of carbonyl (C=O) groups excluding carboxylic acids is 1. The first-order valence-corrected chi connectivity index (χ1v) is 7.38. The van der Waals surface area contributed by atoms with Crippen LogP contribution >= 0.6 is 0 Å². The molecule has 0 aliphatic carbocycles. The topological polar surface area (TPSA) is 51.2 Å². The molecule has 0 bridgehead atoms. The number of aromatic nitrogens is 1. The van der Waals surface area contributed by atoms with E-state index in [1.807, 2.05) is 18.2 Å². The Labute approximate surface area is 125 Å². The molecule has 1 aromatic heterocycles. The molecule has 2 aromatic rings. The average Bonchev–Trinajstić information content (AvgIpc) is 2.50. The molecule has 1 heterocycles. The van der Waals surface area contributed by atoms with Gasteiger partial charge in [0.1, 0.15) is 5.82 Å². The van der Waals surface area contributed by atoms with Crippen LogP contribution in [-0.4, -0.2) is 24.6 Å². The van der Waals surface area contributed by atoms with Gasteiger partial charge in [-0.1, -0.05) is 24.6 Å². The second kappa shape index (κ2) is 7.62. The lowest BCUT2D eigenvalue weighted by atomic mass is 10.1. The lowest BCUT2D eigenvalue weighted by Crippen LogP contribution is -2.06. The van der Waals surface area contributed by atoms with Crippen LogP contribution in [0.15, 0.2) is 30.3 Å². The van der Waals surface area contributed by atoms with Crippen LogP contribution in [0, 0.1) is 6.92 Å². The summed E-state index contributed by atoms with van der Waals surface area (Å²) in [6.45, 7) is 2.94. The van der Waals surface area contributed by atoms with Crippen molar-refractivity contribution in [2.45, 2.75) is 32.6 Å². The number of benzene rings is 1. The second-order valence-corrected chi connectivity index (χ2v) is 5.16. The Kier molecular flexibility index (Phi) is 5.55. The third kappa shape index (κ3) is 4.45. The van der Waals surface area contributed by atoms with E-state index in [1.165, 1.54) is 12.5 Å². The van der Waals surface area contributed by atoms with Gasteiger partial charge >= 0.3 is 5.97 Å². The third-order valence-electron chi connectivity index (χ3n) is 3.49. The minimum Gasteiger partial charge on any atom is -0.469 e. The fourth-order valence-corrected chi connectivity index (χ4v) is 2.28. The van der Waals surface area contributed by atoms with Crippen molar-refractivity contribution in [2.75, 3.05) is 19.0 Å². The number of rotatable bonds is 7. The Balaban J connectivity index is 1.81. The Bertz CT molecular complexity index is 611. The molecule has 4 heteroatoms. The molecule has 1 N–H and O–H groups in total. The fourth-order valence-electron chi connectivity index (χ4n) is 2.28. The van der Waals surface area contributed by atoms with E-state index in [0.29, 0.717) is 6.42 Å². The highest BCUT2D eigenvalue weighted by Gasteiger charge is 2.03. The molecule has 0 aliphatic rings. The van der Waals surface area contributed by atoms with Crippen LogP contribution in [0.3, 0.4) is 0 Å². The van der Waals surface area contributed by atoms with Crippen LogP contribution in [0.1, 0.15) is 31.2 Å². The van der Waals surface area contributed by atoms with Gasteiger partial charge in [0, 0.05) is 18.4 Å². The predicted molar refractivity (Wildman–Crippen MR) is 85.5 cm³/mol. The van der Waals surface area contributed by atoms with E-state index >= 15 is 0 Å². The van der Waals surface area contributed by atoms with Gasteiger partial charge in [0.15, 0.2) is 0 Å². The summed E-state index contributed by atoms with van der Waals surface area (Å²) in [6.07, 6.45) is 3.40. The van der Waals surface area contributed by atoms with Crippen molar-refractivity contribution in [1.29, 1.82) is 0 Å². The molecule has 0 aliphatic heterocycles. The van der Waals surface area contributed by atoms with Gasteiger partial charge in [0.25, 0.3) is 0 Å². The zero-order valence-electron chi connectivity index (χ0n) is 12.7. The number of para-hydroxylation sites is 1. The number of unbranched alkanes of at least 4 members (excludes halogenated alkanes) is 2. The zero-order valence-corrected chi connectivity index (χ0v) is 12.7. The number of hydrogen-bond donors (Lipinski definition) is 1. The predicted octanol–water partition coefficient (Wildman–Crippen LogP) is 3.69. The maximum absolute atomic E-state index is 11.0. The quantitative estimate of drug-likeness (QED) is 0.623. The Morgan fingerprint density at radius 2 is 2.05 bits per heavy atom. The van der Waals surface area contributed by atoms with Crippen molar-refractivity contribution in [2.24, 2.45) is 0 Å². The summed E-state index contributed by atoms with van der Waals surface area (Å²) in [5.41, 5.74) is 2.17. The summed E-state index contributed by atoms with van der Waals surface area (Å²) in [5, 5.41) is 4.55. The molecule has 4 nitrogen and oxygen atoms in total. The third-order valence-corrected chi connectivity index (χ3v) is 3.49. The molecule has 112 valence electrons. The van der Waals surface area contributed by atoms with E-state index in [2.05, 4.69) is 34.1 Å². The van der Waals surface area contributed by atoms with Crippen molar-refractivity contribution in [3.8, 4) is 0 Å². The molecule has 0 saturated heterocycles. The molecule has 0 amide bonds. The number of nitrogens with zero attached hydrogens (tertiary/aromatic N) is 1. The van der Waals surface area contributed by atoms with E-state index in [-0.39, 0.29) is 5.97 Å². The standard InChI is InChI=1S/C17H22N2O2/c1-13-12-14-8-5-6-9-15(14)19-17(13)18-11-7-3-4-10-16(20)21-2/h5-6,8-9,12H,3-4,7,10-11H2,1-2H3,(H,18,19). The van der Waals surface area contributed by atoms with Crippen LogP contribution in [-0.2, 0) is 9.53 Å². The fraction of sp³-hybridized carbons (Fsp3) is 0.412. The van der Waals surface area contributed by atoms with E-state index in [1.54, 1.807) is 0 Å². The molecular weight excluding hydrogens is 264 g/mol. The molecule has 0 radical (unpaired) electrons. The summed E-state index contributed by atoms with van der Waals surface area (Å²) >= 11 is 0. The molecule has 2 rings (SSSR count). The van der Waals surface area contributed by atoms with E-state index in [0.717, 1.165) is 42.7 Å². The largest absolute Gasteiger partial charge is 0.469 e. The number of esters is 1. The minimum atomic E-state index is -0.130. The highest BCUT2D eigenvalue weighted by Crippen LogP contribution is 2.19. The Morgan fingerprint density at radius 3 is 2.86 bits per heavy atom. The molecule has 0 atom stereocenters. The Morgan fingerprint density at radius 1 is 1.24 bits per heavy atom. The first kappa shape index (κ1) is 15.3. The summed E-state index contributed by atoms with van der Waals surface area (Å²) in [6, 6.07) is 10.3. The SMILES string of the molecule is COC(=O)CCCCCNc1nc2ccccc2cc1C. The smallest absolute Gasteiger partial charge is 0.305 e. The average molecular weight is 286 g/mol. The number of fused-ring (bicyclic) bond motifs is 1. The van der Waals surface area contributed by atoms with Crippen LogP contribution in [0.25, 0.3) is 10.9 Å². The molecule has 0 unspecified atom stereocenters. The van der Waals surface area contributed by atoms with Gasteiger partial charge in [-0.3, -0.25) is 4.79 Å². The monoisotopic (exact) mass is 286 g/mol. The summed E-state index contributed by atoms with van der Waals surface area (Å²) < 4.78 is 4.62. The lowest BCUT2D eigenvalue weighted by Gasteiger charge is -2.10. The molecule has 21 heavy (non-hydrogen) atoms. The Hall–Kier alpha value is -2.10. The number of hydrogen-bond acceptors (Lipinski definition) is 4. The van der Waals surface area contributed by atoms with Gasteiger partial charge in [-0.2, -0.15) is 0 Å². The van der Waals surface area contributed by atoms with Crippen molar-refractivity contribution in [3.63, 3.8) is 0 Å². The molecule has 0 fully saturated rings. The lowest BCUT2D eigenvalue weighted by molar-refractivity contribution is -0.140. The summed E-state index contributed by atoms with van der Waals surface area (Å²) in [7, 11) is 1.43. The van der Waals surface area contributed by atoms with Gasteiger partial charge in [0.05, 0.1) is 12.6 Å². The van der Waals surface area contributed by atoms with Crippen molar-refractivity contribution in [1.82, 2.24) is 4.98 Å². The molecule has 0 spiro atoms. The van der Waals surface area contributed by atoms with Crippen molar-refractivity contribution < 1.29 is 9.53 Å². The van der Waals surface area contributed by atoms with Gasteiger partial charge in [-0.25, -0.2) is 4.98 Å². The zero-order chi connectivity index (χ0) is 15.1. The second-order valence-electron chi connectivity index (χ2n) is 5.16. The van der Waals surface area contributed by atoms with Gasteiger partial charge in [0.2, 0.25) is 0 Å². The van der Waals surface area contributed by atoms with Crippen molar-refractivity contribution in [3.05, 3.63) is 35.9 Å². The van der Waals surface area contributed by atoms with Crippen LogP contribution in [0.4, 0.5) is 5.82 Å². The van der Waals surface area contributed by atoms with E-state index < -0.39 is 0 Å². The van der Waals surface area contributed by atoms with Crippen LogP contribution < -0.4 is 5.32 Å². The minimum absolute atomic E-state index is 0.130. The highest BCUT2D eigenvalue weighted by molar-refractivity contribution is 5.81. The van der Waals surface area contributed by atoms with Gasteiger partial charge in [-0.05, 0) is 37.5 Å². The maximum Gasteiger partial charge on any atom is 0.305 e. The highest BCUT2D eigenvalue weighted by atomic mass is 16.5.